The van der Waals surface area contributed by atoms with Gasteiger partial charge in [0.15, 0.2) is 0 Å². The number of hydrogen-bond donors (Lipinski definition) is 1. The van der Waals surface area contributed by atoms with Crippen LogP contribution in [0.3, 0.4) is 0 Å². The highest BCUT2D eigenvalue weighted by molar-refractivity contribution is 6.56. The average Bonchev–Trinajstić information content (AvgIpc) is 2.61. The van der Waals surface area contributed by atoms with Crippen molar-refractivity contribution >= 4 is 24.8 Å². The van der Waals surface area contributed by atoms with Crippen LogP contribution in [0.1, 0.15) is 38.8 Å². The lowest BCUT2D eigenvalue weighted by molar-refractivity contribution is 0.00578. The van der Waals surface area contributed by atoms with E-state index in [-0.39, 0.29) is 12.4 Å². The Balaban J connectivity index is 2.36. The standard InChI is InChI=1S/C16H21BClFO3/c1-10-6-13(18)11(8-14(10)19)7-12(9-20)17-21-15(2,3)16(4,5)22-17/h6-8,20H,9H2,1-5H3. The Morgan fingerprint density at radius 2 is 1.82 bits per heavy atom. The molecule has 1 heterocycles. The first-order chi connectivity index (χ1) is 10.1. The minimum absolute atomic E-state index is 0.261. The van der Waals surface area contributed by atoms with Gasteiger partial charge in [-0.3, -0.25) is 0 Å². The van der Waals surface area contributed by atoms with E-state index in [1.165, 1.54) is 6.07 Å². The van der Waals surface area contributed by atoms with Crippen molar-refractivity contribution in [3.8, 4) is 0 Å². The van der Waals surface area contributed by atoms with Gasteiger partial charge >= 0.3 is 7.12 Å². The van der Waals surface area contributed by atoms with Crippen molar-refractivity contribution in [1.29, 1.82) is 0 Å². The summed E-state index contributed by atoms with van der Waals surface area (Å²) in [6.07, 6.45) is 1.62. The summed E-state index contributed by atoms with van der Waals surface area (Å²) < 4.78 is 25.5. The monoisotopic (exact) mass is 326 g/mol. The molecule has 2 rings (SSSR count). The van der Waals surface area contributed by atoms with Crippen LogP contribution in [0, 0.1) is 12.7 Å². The van der Waals surface area contributed by atoms with Crippen LogP contribution in [-0.4, -0.2) is 30.0 Å². The maximum atomic E-state index is 13.7. The Morgan fingerprint density at radius 1 is 1.27 bits per heavy atom. The van der Waals surface area contributed by atoms with Crippen molar-refractivity contribution in [2.45, 2.75) is 45.8 Å². The van der Waals surface area contributed by atoms with E-state index in [0.29, 0.717) is 21.6 Å². The fraction of sp³-hybridized carbons (Fsp3) is 0.500. The largest absolute Gasteiger partial charge is 0.492 e. The van der Waals surface area contributed by atoms with E-state index in [9.17, 15) is 9.50 Å². The Kier molecular flexibility index (Phi) is 4.74. The fourth-order valence-electron chi connectivity index (χ4n) is 2.15. The van der Waals surface area contributed by atoms with Gasteiger partial charge in [-0.15, -0.1) is 0 Å². The minimum Gasteiger partial charge on any atom is -0.400 e. The van der Waals surface area contributed by atoms with Crippen molar-refractivity contribution < 1.29 is 18.8 Å². The lowest BCUT2D eigenvalue weighted by atomic mass is 9.77. The van der Waals surface area contributed by atoms with Gasteiger partial charge in [0.25, 0.3) is 0 Å². The molecule has 0 saturated carbocycles. The maximum Gasteiger partial charge on any atom is 0.492 e. The zero-order chi connectivity index (χ0) is 16.7. The van der Waals surface area contributed by atoms with Gasteiger partial charge in [0.2, 0.25) is 0 Å². The molecule has 3 nitrogen and oxygen atoms in total. The molecule has 1 aromatic rings. The molecule has 1 N–H and O–H groups in total. The van der Waals surface area contributed by atoms with Gasteiger partial charge in [0, 0.05) is 5.02 Å². The Hall–Kier alpha value is -0.875. The van der Waals surface area contributed by atoms with Crippen molar-refractivity contribution in [3.63, 3.8) is 0 Å². The van der Waals surface area contributed by atoms with Gasteiger partial charge in [0.05, 0.1) is 17.8 Å². The zero-order valence-electron chi connectivity index (χ0n) is 13.5. The SMILES string of the molecule is Cc1cc(Cl)c(C=C(CO)B2OC(C)(C)C(C)(C)O2)cc1F. The molecule has 1 aliphatic heterocycles. The van der Waals surface area contributed by atoms with E-state index in [1.807, 2.05) is 27.7 Å². The van der Waals surface area contributed by atoms with Gasteiger partial charge in [-0.05, 0) is 63.4 Å². The van der Waals surface area contributed by atoms with Crippen molar-refractivity contribution in [3.05, 3.63) is 39.6 Å². The van der Waals surface area contributed by atoms with Crippen molar-refractivity contribution in [2.24, 2.45) is 0 Å². The average molecular weight is 327 g/mol. The van der Waals surface area contributed by atoms with E-state index in [4.69, 9.17) is 20.9 Å². The lowest BCUT2D eigenvalue weighted by Gasteiger charge is -2.32. The van der Waals surface area contributed by atoms with Crippen LogP contribution in [0.15, 0.2) is 17.6 Å². The fourth-order valence-corrected chi connectivity index (χ4v) is 2.43. The topological polar surface area (TPSA) is 38.7 Å². The summed E-state index contributed by atoms with van der Waals surface area (Å²) in [7, 11) is -0.685. The smallest absolute Gasteiger partial charge is 0.400 e. The summed E-state index contributed by atoms with van der Waals surface area (Å²) in [5.74, 6) is -0.346. The molecule has 0 radical (unpaired) electrons. The maximum absolute atomic E-state index is 13.7. The second-order valence-electron chi connectivity index (χ2n) is 6.59. The molecule has 0 spiro atoms. The predicted octanol–water partition coefficient (Wildman–Crippen LogP) is 3.79. The second kappa shape index (κ2) is 5.97. The molecule has 0 amide bonds. The van der Waals surface area contributed by atoms with Crippen LogP contribution in [-0.2, 0) is 9.31 Å². The molecular weight excluding hydrogens is 305 g/mol. The predicted molar refractivity (Wildman–Crippen MR) is 87.3 cm³/mol. The molecule has 1 fully saturated rings. The molecule has 1 saturated heterocycles. The van der Waals surface area contributed by atoms with Gasteiger partial charge in [0.1, 0.15) is 5.82 Å². The number of hydrogen-bond acceptors (Lipinski definition) is 3. The first-order valence-corrected chi connectivity index (χ1v) is 7.58. The molecule has 0 aromatic heterocycles. The van der Waals surface area contributed by atoms with E-state index in [0.717, 1.165) is 0 Å². The van der Waals surface area contributed by atoms with Crippen LogP contribution in [0.5, 0.6) is 0 Å². The van der Waals surface area contributed by atoms with Crippen molar-refractivity contribution in [1.82, 2.24) is 0 Å². The molecule has 22 heavy (non-hydrogen) atoms. The van der Waals surface area contributed by atoms with Crippen LogP contribution < -0.4 is 0 Å². The van der Waals surface area contributed by atoms with Gasteiger partial charge < -0.3 is 14.4 Å². The summed E-state index contributed by atoms with van der Waals surface area (Å²) in [4.78, 5) is 0. The molecular formula is C16H21BClFO3. The summed E-state index contributed by atoms with van der Waals surface area (Å²) >= 11 is 6.15. The Morgan fingerprint density at radius 3 is 2.32 bits per heavy atom. The third-order valence-corrected chi connectivity index (χ3v) is 4.68. The third-order valence-electron chi connectivity index (χ3n) is 4.36. The second-order valence-corrected chi connectivity index (χ2v) is 7.00. The molecule has 6 heteroatoms. The van der Waals surface area contributed by atoms with Crippen LogP contribution in [0.4, 0.5) is 4.39 Å². The normalized spacial score (nSPS) is 20.5. The van der Waals surface area contributed by atoms with E-state index >= 15 is 0 Å². The summed E-state index contributed by atoms with van der Waals surface area (Å²) in [5, 5.41) is 10.1. The van der Waals surface area contributed by atoms with E-state index < -0.39 is 18.3 Å². The number of benzene rings is 1. The quantitative estimate of drug-likeness (QED) is 0.859. The first kappa shape index (κ1) is 17.5. The molecule has 0 aliphatic carbocycles. The Labute approximate surface area is 136 Å². The minimum atomic E-state index is -0.685. The number of aliphatic hydroxyl groups is 1. The van der Waals surface area contributed by atoms with E-state index in [1.54, 1.807) is 19.1 Å². The number of aliphatic hydroxyl groups excluding tert-OH is 1. The molecule has 0 bridgehead atoms. The van der Waals surface area contributed by atoms with Gasteiger partial charge in [-0.1, -0.05) is 17.7 Å². The third kappa shape index (κ3) is 3.23. The molecule has 0 unspecified atom stereocenters. The van der Waals surface area contributed by atoms with E-state index in [2.05, 4.69) is 0 Å². The highest BCUT2D eigenvalue weighted by atomic mass is 35.5. The Bertz CT molecular complexity index is 598. The van der Waals surface area contributed by atoms with Crippen LogP contribution >= 0.6 is 11.6 Å². The first-order valence-electron chi connectivity index (χ1n) is 7.20. The highest BCUT2D eigenvalue weighted by Gasteiger charge is 2.52. The number of halogens is 2. The van der Waals surface area contributed by atoms with Gasteiger partial charge in [-0.25, -0.2) is 4.39 Å². The summed E-state index contributed by atoms with van der Waals surface area (Å²) in [5.41, 5.74) is 0.457. The number of rotatable bonds is 3. The van der Waals surface area contributed by atoms with Gasteiger partial charge in [-0.2, -0.15) is 0 Å². The number of aryl methyl sites for hydroxylation is 1. The van der Waals surface area contributed by atoms with Crippen LogP contribution in [0.2, 0.25) is 5.02 Å². The molecule has 0 atom stereocenters. The summed E-state index contributed by atoms with van der Waals surface area (Å²) in [6, 6.07) is 2.90. The highest BCUT2D eigenvalue weighted by Crippen LogP contribution is 2.39. The zero-order valence-corrected chi connectivity index (χ0v) is 14.3. The summed E-state index contributed by atoms with van der Waals surface area (Å²) in [6.45, 7) is 9.11. The molecule has 120 valence electrons. The molecule has 1 aliphatic rings. The van der Waals surface area contributed by atoms with Crippen molar-refractivity contribution in [2.75, 3.05) is 6.61 Å². The van der Waals surface area contributed by atoms with Crippen LogP contribution in [0.25, 0.3) is 6.08 Å². The molecule has 1 aromatic carbocycles. The lowest BCUT2D eigenvalue weighted by Crippen LogP contribution is -2.41.